The highest BCUT2D eigenvalue weighted by Gasteiger charge is 2.19. The number of aromatic hydroxyl groups is 1. The first kappa shape index (κ1) is 18.6. The van der Waals surface area contributed by atoms with Crippen LogP contribution in [-0.2, 0) is 0 Å². The van der Waals surface area contributed by atoms with Crippen molar-refractivity contribution in [1.29, 1.82) is 0 Å². The summed E-state index contributed by atoms with van der Waals surface area (Å²) in [6, 6.07) is 13.4. The topological polar surface area (TPSA) is 143 Å². The van der Waals surface area contributed by atoms with Crippen molar-refractivity contribution in [1.82, 2.24) is 15.6 Å². The third kappa shape index (κ3) is 3.96. The van der Waals surface area contributed by atoms with Crippen molar-refractivity contribution in [2.75, 3.05) is 7.11 Å². The van der Waals surface area contributed by atoms with E-state index >= 15 is 0 Å². The van der Waals surface area contributed by atoms with Gasteiger partial charge in [0, 0.05) is 17.2 Å². The minimum Gasteiger partial charge on any atom is -0.500 e. The number of carbonyl (C=O) groups is 1. The number of amides is 1. The van der Waals surface area contributed by atoms with Gasteiger partial charge in [0.15, 0.2) is 5.75 Å². The van der Waals surface area contributed by atoms with Crippen LogP contribution >= 0.6 is 0 Å². The summed E-state index contributed by atoms with van der Waals surface area (Å²) < 4.78 is 4.90. The number of aromatic nitrogens is 2. The minimum atomic E-state index is -0.747. The summed E-state index contributed by atoms with van der Waals surface area (Å²) in [5, 5.41) is 31.2. The molecule has 10 nitrogen and oxygen atoms in total. The number of nitro groups is 1. The Labute approximate surface area is 158 Å². The molecule has 0 aliphatic carbocycles. The SMILES string of the molecule is COc1cc(/C=N/NC(=O)c2cc(-c3ccccc3)n[nH]2)cc([N+](=O)[O-])c1O. The van der Waals surface area contributed by atoms with Crippen molar-refractivity contribution in [2.45, 2.75) is 0 Å². The highest BCUT2D eigenvalue weighted by Crippen LogP contribution is 2.36. The van der Waals surface area contributed by atoms with Gasteiger partial charge in [0.25, 0.3) is 5.91 Å². The molecule has 0 atom stereocenters. The van der Waals surface area contributed by atoms with E-state index in [4.69, 9.17) is 4.74 Å². The second kappa shape index (κ2) is 7.99. The third-order valence-electron chi connectivity index (χ3n) is 3.77. The van der Waals surface area contributed by atoms with Crippen LogP contribution in [0.25, 0.3) is 11.3 Å². The fourth-order valence-corrected chi connectivity index (χ4v) is 2.40. The number of carbonyl (C=O) groups excluding carboxylic acids is 1. The van der Waals surface area contributed by atoms with Gasteiger partial charge in [0.1, 0.15) is 5.69 Å². The van der Waals surface area contributed by atoms with Crippen molar-refractivity contribution in [3.05, 3.63) is 69.9 Å². The standard InChI is InChI=1S/C18H15N5O5/c1-28-16-8-11(7-15(17(16)24)23(26)27)10-19-22-18(25)14-9-13(20-21-14)12-5-3-2-4-6-12/h2-10,24H,1H3,(H,20,21)(H,22,25)/b19-10+. The predicted octanol–water partition coefficient (Wildman–Crippen LogP) is 2.46. The van der Waals surface area contributed by atoms with E-state index in [0.717, 1.165) is 11.6 Å². The second-order valence-electron chi connectivity index (χ2n) is 5.58. The van der Waals surface area contributed by atoms with Crippen LogP contribution in [0.2, 0.25) is 0 Å². The Kier molecular flexibility index (Phi) is 5.30. The molecule has 1 aromatic heterocycles. The first-order chi connectivity index (χ1) is 13.5. The van der Waals surface area contributed by atoms with Crippen molar-refractivity contribution in [3.8, 4) is 22.8 Å². The Morgan fingerprint density at radius 2 is 2.07 bits per heavy atom. The Balaban J connectivity index is 1.73. The molecule has 3 N–H and O–H groups in total. The normalized spacial score (nSPS) is 10.8. The van der Waals surface area contributed by atoms with Gasteiger partial charge in [0.05, 0.1) is 23.9 Å². The molecule has 0 aliphatic heterocycles. The van der Waals surface area contributed by atoms with Crippen LogP contribution in [0, 0.1) is 10.1 Å². The summed E-state index contributed by atoms with van der Waals surface area (Å²) in [6.45, 7) is 0. The molecule has 3 aromatic rings. The number of ether oxygens (including phenoxy) is 1. The second-order valence-corrected chi connectivity index (χ2v) is 5.58. The minimum absolute atomic E-state index is 0.0805. The maximum Gasteiger partial charge on any atom is 0.315 e. The number of phenolic OH excluding ortho intramolecular Hbond substituents is 1. The number of nitrogens with zero attached hydrogens (tertiary/aromatic N) is 3. The Morgan fingerprint density at radius 3 is 2.75 bits per heavy atom. The molecule has 1 heterocycles. The number of hydrazone groups is 1. The number of aromatic amines is 1. The molecule has 0 saturated heterocycles. The number of nitrogens with one attached hydrogen (secondary N) is 2. The highest BCUT2D eigenvalue weighted by atomic mass is 16.6. The Morgan fingerprint density at radius 1 is 1.32 bits per heavy atom. The average Bonchev–Trinajstić information content (AvgIpc) is 3.19. The van der Waals surface area contributed by atoms with Crippen molar-refractivity contribution in [3.63, 3.8) is 0 Å². The average molecular weight is 381 g/mol. The third-order valence-corrected chi connectivity index (χ3v) is 3.77. The molecule has 1 amide bonds. The number of benzene rings is 2. The first-order valence-corrected chi connectivity index (χ1v) is 7.99. The van der Waals surface area contributed by atoms with Crippen LogP contribution in [0.4, 0.5) is 5.69 Å². The van der Waals surface area contributed by atoms with E-state index in [0.29, 0.717) is 5.69 Å². The quantitative estimate of drug-likeness (QED) is 0.340. The molecule has 2 aromatic carbocycles. The molecule has 10 heteroatoms. The lowest BCUT2D eigenvalue weighted by atomic mass is 10.1. The maximum absolute atomic E-state index is 12.2. The van der Waals surface area contributed by atoms with Crippen LogP contribution in [-0.4, -0.2) is 39.5 Å². The highest BCUT2D eigenvalue weighted by molar-refractivity contribution is 5.94. The van der Waals surface area contributed by atoms with Crippen molar-refractivity contribution in [2.24, 2.45) is 5.10 Å². The molecular weight excluding hydrogens is 366 g/mol. The van der Waals surface area contributed by atoms with E-state index in [1.165, 1.54) is 19.4 Å². The van der Waals surface area contributed by atoms with Gasteiger partial charge in [-0.2, -0.15) is 10.2 Å². The van der Waals surface area contributed by atoms with Crippen molar-refractivity contribution >= 4 is 17.8 Å². The predicted molar refractivity (Wildman–Crippen MR) is 100 cm³/mol. The first-order valence-electron chi connectivity index (χ1n) is 7.99. The Bertz CT molecular complexity index is 1050. The summed E-state index contributed by atoms with van der Waals surface area (Å²) >= 11 is 0. The van der Waals surface area contributed by atoms with Crippen LogP contribution in [0.1, 0.15) is 16.1 Å². The molecule has 0 aliphatic rings. The van der Waals surface area contributed by atoms with Gasteiger partial charge in [-0.3, -0.25) is 20.0 Å². The van der Waals surface area contributed by atoms with E-state index in [9.17, 15) is 20.0 Å². The van der Waals surface area contributed by atoms with Crippen LogP contribution in [0.5, 0.6) is 11.5 Å². The summed E-state index contributed by atoms with van der Waals surface area (Å²) in [7, 11) is 1.27. The molecule has 3 rings (SSSR count). The number of nitro benzene ring substituents is 1. The molecule has 0 saturated carbocycles. The zero-order valence-corrected chi connectivity index (χ0v) is 14.6. The van der Waals surface area contributed by atoms with Gasteiger partial charge in [-0.1, -0.05) is 30.3 Å². The van der Waals surface area contributed by atoms with E-state index < -0.39 is 22.3 Å². The van der Waals surface area contributed by atoms with Gasteiger partial charge in [-0.25, -0.2) is 5.43 Å². The molecular formula is C18H15N5O5. The van der Waals surface area contributed by atoms with E-state index in [1.54, 1.807) is 6.07 Å². The number of phenols is 1. The molecule has 0 fully saturated rings. The fourth-order valence-electron chi connectivity index (χ4n) is 2.40. The monoisotopic (exact) mass is 381 g/mol. The molecule has 0 bridgehead atoms. The summed E-state index contributed by atoms with van der Waals surface area (Å²) in [4.78, 5) is 22.4. The number of rotatable bonds is 6. The van der Waals surface area contributed by atoms with Gasteiger partial charge < -0.3 is 9.84 Å². The van der Waals surface area contributed by atoms with Crippen LogP contribution in [0.15, 0.2) is 53.6 Å². The van der Waals surface area contributed by atoms with Gasteiger partial charge in [-0.15, -0.1) is 0 Å². The van der Waals surface area contributed by atoms with E-state index in [1.807, 2.05) is 30.3 Å². The van der Waals surface area contributed by atoms with Crippen molar-refractivity contribution < 1.29 is 19.6 Å². The number of hydrogen-bond acceptors (Lipinski definition) is 7. The van der Waals surface area contributed by atoms with Crippen LogP contribution in [0.3, 0.4) is 0 Å². The summed E-state index contributed by atoms with van der Waals surface area (Å²) in [5.41, 5.74) is 3.68. The molecule has 142 valence electrons. The smallest absolute Gasteiger partial charge is 0.315 e. The lowest BCUT2D eigenvalue weighted by Gasteiger charge is -2.05. The van der Waals surface area contributed by atoms with E-state index in [2.05, 4.69) is 20.7 Å². The largest absolute Gasteiger partial charge is 0.500 e. The number of H-pyrrole nitrogens is 1. The van der Waals surface area contributed by atoms with E-state index in [-0.39, 0.29) is 17.0 Å². The Hall–Kier alpha value is -4.21. The number of hydrogen-bond donors (Lipinski definition) is 3. The maximum atomic E-state index is 12.2. The zero-order chi connectivity index (χ0) is 20.1. The fraction of sp³-hybridized carbons (Fsp3) is 0.0556. The van der Waals surface area contributed by atoms with Gasteiger partial charge in [0.2, 0.25) is 5.75 Å². The summed E-state index contributed by atoms with van der Waals surface area (Å²) in [6.07, 6.45) is 1.20. The molecule has 28 heavy (non-hydrogen) atoms. The van der Waals surface area contributed by atoms with Crippen LogP contribution < -0.4 is 10.2 Å². The zero-order valence-electron chi connectivity index (χ0n) is 14.6. The lowest BCUT2D eigenvalue weighted by molar-refractivity contribution is -0.386. The van der Waals surface area contributed by atoms with Gasteiger partial charge in [-0.05, 0) is 12.1 Å². The van der Waals surface area contributed by atoms with Gasteiger partial charge >= 0.3 is 5.69 Å². The summed E-state index contributed by atoms with van der Waals surface area (Å²) in [5.74, 6) is -1.20. The molecule has 0 radical (unpaired) electrons. The molecule has 0 unspecified atom stereocenters. The number of methoxy groups -OCH3 is 1. The molecule has 0 spiro atoms. The lowest BCUT2D eigenvalue weighted by Crippen LogP contribution is -2.18.